The van der Waals surface area contributed by atoms with Crippen LogP contribution in [0.25, 0.3) is 11.0 Å². The molecule has 6 rings (SSSR count). The largest absolute Gasteiger partial charge is 0.454 e. The SMILES string of the molecule is O=C(Nc1ccc2c(c1)OCO2)N1CCN(Cc2nc3ccccc3n2Cc2ccccc2)CC1. The van der Waals surface area contributed by atoms with Crippen molar-refractivity contribution in [3.05, 3.63) is 84.2 Å². The Morgan fingerprint density at radius 2 is 1.63 bits per heavy atom. The highest BCUT2D eigenvalue weighted by Gasteiger charge is 2.23. The predicted molar refractivity (Wildman–Crippen MR) is 134 cm³/mol. The molecular weight excluding hydrogens is 442 g/mol. The lowest BCUT2D eigenvalue weighted by Crippen LogP contribution is -2.49. The molecule has 0 radical (unpaired) electrons. The normalized spacial score (nSPS) is 15.5. The van der Waals surface area contributed by atoms with Crippen LogP contribution in [0.4, 0.5) is 10.5 Å². The molecule has 8 nitrogen and oxygen atoms in total. The molecular formula is C27H27N5O3. The van der Waals surface area contributed by atoms with Crippen LogP contribution in [0, 0.1) is 0 Å². The zero-order valence-electron chi connectivity index (χ0n) is 19.4. The number of ether oxygens (including phenoxy) is 2. The van der Waals surface area contributed by atoms with Gasteiger partial charge in [-0.15, -0.1) is 0 Å². The number of carbonyl (C=O) groups excluding carboxylic acids is 1. The van der Waals surface area contributed by atoms with E-state index in [0.29, 0.717) is 30.3 Å². The van der Waals surface area contributed by atoms with Gasteiger partial charge >= 0.3 is 6.03 Å². The first-order valence-electron chi connectivity index (χ1n) is 11.9. The van der Waals surface area contributed by atoms with E-state index in [9.17, 15) is 4.79 Å². The van der Waals surface area contributed by atoms with Crippen LogP contribution in [0.2, 0.25) is 0 Å². The molecule has 178 valence electrons. The quantitative estimate of drug-likeness (QED) is 0.475. The van der Waals surface area contributed by atoms with Crippen LogP contribution in [0.15, 0.2) is 72.8 Å². The van der Waals surface area contributed by atoms with Crippen molar-refractivity contribution < 1.29 is 14.3 Å². The summed E-state index contributed by atoms with van der Waals surface area (Å²) < 4.78 is 13.1. The van der Waals surface area contributed by atoms with Crippen molar-refractivity contribution in [3.63, 3.8) is 0 Å². The van der Waals surface area contributed by atoms with Gasteiger partial charge in [-0.25, -0.2) is 9.78 Å². The Bertz CT molecular complexity index is 1350. The van der Waals surface area contributed by atoms with E-state index < -0.39 is 0 Å². The Kier molecular flexibility index (Phi) is 5.71. The first kappa shape index (κ1) is 21.5. The fraction of sp³-hybridized carbons (Fsp3) is 0.259. The van der Waals surface area contributed by atoms with Gasteiger partial charge in [-0.1, -0.05) is 42.5 Å². The third-order valence-electron chi connectivity index (χ3n) is 6.57. The maximum Gasteiger partial charge on any atom is 0.321 e. The summed E-state index contributed by atoms with van der Waals surface area (Å²) in [4.78, 5) is 22.0. The molecule has 0 bridgehead atoms. The number of nitrogens with one attached hydrogen (secondary N) is 1. The molecule has 0 atom stereocenters. The van der Waals surface area contributed by atoms with Gasteiger partial charge in [0.05, 0.1) is 17.6 Å². The fourth-order valence-electron chi connectivity index (χ4n) is 4.67. The monoisotopic (exact) mass is 469 g/mol. The van der Waals surface area contributed by atoms with E-state index >= 15 is 0 Å². The van der Waals surface area contributed by atoms with E-state index in [-0.39, 0.29) is 12.8 Å². The Hall–Kier alpha value is -4.04. The van der Waals surface area contributed by atoms with Crippen LogP contribution in [-0.4, -0.2) is 58.4 Å². The molecule has 0 unspecified atom stereocenters. The number of hydrogen-bond donors (Lipinski definition) is 1. The van der Waals surface area contributed by atoms with Gasteiger partial charge in [0.15, 0.2) is 11.5 Å². The highest BCUT2D eigenvalue weighted by molar-refractivity contribution is 5.89. The first-order valence-corrected chi connectivity index (χ1v) is 11.9. The van der Waals surface area contributed by atoms with Crippen molar-refractivity contribution in [1.82, 2.24) is 19.4 Å². The van der Waals surface area contributed by atoms with Crippen molar-refractivity contribution >= 4 is 22.8 Å². The summed E-state index contributed by atoms with van der Waals surface area (Å²) in [6.45, 7) is 4.67. The number of benzene rings is 3. The molecule has 8 heteroatoms. The lowest BCUT2D eigenvalue weighted by atomic mass is 10.2. The van der Waals surface area contributed by atoms with Crippen LogP contribution >= 0.6 is 0 Å². The first-order chi connectivity index (χ1) is 17.2. The topological polar surface area (TPSA) is 71.9 Å². The van der Waals surface area contributed by atoms with E-state index in [2.05, 4.69) is 57.2 Å². The number of rotatable bonds is 5. The molecule has 35 heavy (non-hydrogen) atoms. The predicted octanol–water partition coefficient (Wildman–Crippen LogP) is 4.16. The van der Waals surface area contributed by atoms with E-state index in [0.717, 1.165) is 43.0 Å². The second-order valence-corrected chi connectivity index (χ2v) is 8.85. The summed E-state index contributed by atoms with van der Waals surface area (Å²) in [6, 6.07) is 24.1. The smallest absolute Gasteiger partial charge is 0.321 e. The average molecular weight is 470 g/mol. The molecule has 1 fully saturated rings. The zero-order chi connectivity index (χ0) is 23.6. The Labute approximate surface area is 203 Å². The maximum absolute atomic E-state index is 12.8. The number of nitrogens with zero attached hydrogens (tertiary/aromatic N) is 4. The molecule has 0 spiro atoms. The van der Waals surface area contributed by atoms with Gasteiger partial charge in [0.1, 0.15) is 5.82 Å². The number of anilines is 1. The van der Waals surface area contributed by atoms with Crippen LogP contribution in [-0.2, 0) is 13.1 Å². The number of amides is 2. The summed E-state index contributed by atoms with van der Waals surface area (Å²) in [7, 11) is 0. The lowest BCUT2D eigenvalue weighted by molar-refractivity contribution is 0.140. The van der Waals surface area contributed by atoms with Crippen molar-refractivity contribution in [1.29, 1.82) is 0 Å². The van der Waals surface area contributed by atoms with Gasteiger partial charge in [-0.2, -0.15) is 0 Å². The highest BCUT2D eigenvalue weighted by Crippen LogP contribution is 2.34. The Morgan fingerprint density at radius 1 is 0.857 bits per heavy atom. The molecule has 2 amide bonds. The minimum absolute atomic E-state index is 0.0974. The average Bonchev–Trinajstić information content (AvgIpc) is 3.49. The molecule has 1 saturated heterocycles. The van der Waals surface area contributed by atoms with Gasteiger partial charge in [-0.05, 0) is 29.8 Å². The van der Waals surface area contributed by atoms with Crippen molar-refractivity contribution in [2.75, 3.05) is 38.3 Å². The standard InChI is InChI=1S/C27H27N5O3/c33-27(28-21-10-11-24-25(16-21)35-19-34-24)31-14-12-30(13-15-31)18-26-29-22-8-4-5-9-23(22)32(26)17-20-6-2-1-3-7-20/h1-11,16H,12-15,17-19H2,(H,28,33). The summed E-state index contributed by atoms with van der Waals surface area (Å²) in [6.07, 6.45) is 0. The van der Waals surface area contributed by atoms with E-state index in [1.54, 1.807) is 6.07 Å². The van der Waals surface area contributed by atoms with Crippen LogP contribution in [0.3, 0.4) is 0 Å². The van der Waals surface area contributed by atoms with Crippen LogP contribution in [0.1, 0.15) is 11.4 Å². The molecule has 0 aliphatic carbocycles. The number of carbonyl (C=O) groups is 1. The van der Waals surface area contributed by atoms with E-state index in [1.165, 1.54) is 5.56 Å². The van der Waals surface area contributed by atoms with E-state index in [1.807, 2.05) is 29.2 Å². The number of para-hydroxylation sites is 2. The highest BCUT2D eigenvalue weighted by atomic mass is 16.7. The van der Waals surface area contributed by atoms with Gasteiger partial charge in [0.25, 0.3) is 0 Å². The van der Waals surface area contributed by atoms with Crippen LogP contribution < -0.4 is 14.8 Å². The Balaban J connectivity index is 1.11. The molecule has 1 aromatic heterocycles. The third-order valence-corrected chi connectivity index (χ3v) is 6.57. The van der Waals surface area contributed by atoms with Gasteiger partial charge in [0, 0.05) is 44.5 Å². The summed E-state index contributed by atoms with van der Waals surface area (Å²) in [5.41, 5.74) is 4.12. The fourth-order valence-corrected chi connectivity index (χ4v) is 4.67. The molecule has 0 saturated carbocycles. The van der Waals surface area contributed by atoms with Crippen LogP contribution in [0.5, 0.6) is 11.5 Å². The number of piperazine rings is 1. The number of imidazole rings is 1. The summed E-state index contributed by atoms with van der Waals surface area (Å²) in [5.74, 6) is 2.41. The lowest BCUT2D eigenvalue weighted by Gasteiger charge is -2.34. The Morgan fingerprint density at radius 3 is 2.49 bits per heavy atom. The van der Waals surface area contributed by atoms with E-state index in [4.69, 9.17) is 14.5 Å². The minimum Gasteiger partial charge on any atom is -0.454 e. The van der Waals surface area contributed by atoms with Gasteiger partial charge in [0.2, 0.25) is 6.79 Å². The zero-order valence-corrected chi connectivity index (χ0v) is 19.4. The second-order valence-electron chi connectivity index (χ2n) is 8.85. The molecule has 1 N–H and O–H groups in total. The number of fused-ring (bicyclic) bond motifs is 2. The molecule has 3 aromatic carbocycles. The van der Waals surface area contributed by atoms with Crippen molar-refractivity contribution in [2.45, 2.75) is 13.1 Å². The molecule has 2 aliphatic heterocycles. The van der Waals surface area contributed by atoms with Gasteiger partial charge < -0.3 is 24.3 Å². The van der Waals surface area contributed by atoms with Gasteiger partial charge in [-0.3, -0.25) is 4.90 Å². The molecule has 2 aliphatic rings. The third kappa shape index (κ3) is 4.52. The summed E-state index contributed by atoms with van der Waals surface area (Å²) in [5, 5.41) is 2.98. The number of urea groups is 1. The maximum atomic E-state index is 12.8. The number of aromatic nitrogens is 2. The minimum atomic E-state index is -0.0974. The molecule has 3 heterocycles. The van der Waals surface area contributed by atoms with Crippen molar-refractivity contribution in [2.24, 2.45) is 0 Å². The summed E-state index contributed by atoms with van der Waals surface area (Å²) >= 11 is 0. The molecule has 4 aromatic rings. The second kappa shape index (κ2) is 9.31. The van der Waals surface area contributed by atoms with Crippen molar-refractivity contribution in [3.8, 4) is 11.5 Å². The number of hydrogen-bond acceptors (Lipinski definition) is 5.